The Morgan fingerprint density at radius 1 is 1.16 bits per heavy atom. The molecule has 0 spiro atoms. The molecule has 0 unspecified atom stereocenters. The molecule has 4 bridgehead atoms. The molecule has 3 N–H and O–H groups in total. The third kappa shape index (κ3) is 2.92. The van der Waals surface area contributed by atoms with Gasteiger partial charge in [0.15, 0.2) is 0 Å². The molecule has 4 fully saturated rings. The first kappa shape index (κ1) is 15.1. The second kappa shape index (κ2) is 4.92. The highest BCUT2D eigenvalue weighted by molar-refractivity contribution is 5.85. The number of amides is 1. The molecule has 0 aromatic heterocycles. The zero-order chi connectivity index (χ0) is 13.0. The van der Waals surface area contributed by atoms with Gasteiger partial charge in [0.1, 0.15) is 0 Å². The molecule has 0 heterocycles. The van der Waals surface area contributed by atoms with Crippen molar-refractivity contribution >= 4 is 18.3 Å². The number of carbonyl (C=O) groups excluding carboxylic acids is 1. The Kier molecular flexibility index (Phi) is 3.92. The van der Waals surface area contributed by atoms with E-state index in [1.54, 1.807) is 13.8 Å². The molecule has 0 aliphatic heterocycles. The van der Waals surface area contributed by atoms with Crippen LogP contribution < -0.4 is 11.1 Å². The van der Waals surface area contributed by atoms with Gasteiger partial charge < -0.3 is 11.1 Å². The first-order chi connectivity index (χ1) is 8.36. The van der Waals surface area contributed by atoms with E-state index in [1.165, 1.54) is 38.5 Å². The topological polar surface area (TPSA) is 55.1 Å². The minimum atomic E-state index is -0.748. The fourth-order valence-corrected chi connectivity index (χ4v) is 5.00. The van der Waals surface area contributed by atoms with Crippen molar-refractivity contribution < 1.29 is 4.79 Å². The van der Waals surface area contributed by atoms with Crippen LogP contribution in [0.5, 0.6) is 0 Å². The van der Waals surface area contributed by atoms with Crippen molar-refractivity contribution in [1.82, 2.24) is 5.32 Å². The number of nitrogens with two attached hydrogens (primary N) is 1. The molecule has 0 aromatic carbocycles. The summed E-state index contributed by atoms with van der Waals surface area (Å²) < 4.78 is 0. The maximum Gasteiger partial charge on any atom is 0.239 e. The average Bonchev–Trinajstić information content (AvgIpc) is 2.22. The summed E-state index contributed by atoms with van der Waals surface area (Å²) in [7, 11) is 0. The van der Waals surface area contributed by atoms with E-state index in [9.17, 15) is 4.79 Å². The molecule has 4 saturated carbocycles. The zero-order valence-corrected chi connectivity index (χ0v) is 12.9. The van der Waals surface area contributed by atoms with Gasteiger partial charge in [-0.15, -0.1) is 12.4 Å². The molecule has 3 nitrogen and oxygen atoms in total. The predicted octanol–water partition coefficient (Wildman–Crippen LogP) is 2.48. The van der Waals surface area contributed by atoms with Crippen LogP contribution in [0.4, 0.5) is 0 Å². The van der Waals surface area contributed by atoms with Crippen molar-refractivity contribution in [2.24, 2.45) is 28.9 Å². The number of hydrogen-bond donors (Lipinski definition) is 2. The van der Waals surface area contributed by atoms with Crippen LogP contribution >= 0.6 is 12.4 Å². The maximum atomic E-state index is 11.9. The van der Waals surface area contributed by atoms with Gasteiger partial charge in [-0.05, 0) is 75.5 Å². The van der Waals surface area contributed by atoms with Crippen LogP contribution in [0.15, 0.2) is 0 Å². The van der Waals surface area contributed by atoms with Gasteiger partial charge >= 0.3 is 0 Å². The Hall–Kier alpha value is -0.280. The number of hydrogen-bond acceptors (Lipinski definition) is 2. The highest BCUT2D eigenvalue weighted by Gasteiger charge is 2.50. The van der Waals surface area contributed by atoms with Gasteiger partial charge in [0.05, 0.1) is 5.54 Å². The minimum absolute atomic E-state index is 0. The summed E-state index contributed by atoms with van der Waals surface area (Å²) in [6.45, 7) is 4.42. The van der Waals surface area contributed by atoms with Gasteiger partial charge in [0, 0.05) is 6.54 Å². The van der Waals surface area contributed by atoms with Crippen molar-refractivity contribution in [3.8, 4) is 0 Å². The SMILES string of the molecule is CC(C)(N)C(=O)NCC12CC3CC(CC(C3)C1)C2.Cl. The van der Waals surface area contributed by atoms with Gasteiger partial charge in [-0.3, -0.25) is 4.79 Å². The van der Waals surface area contributed by atoms with Crippen LogP contribution in [-0.4, -0.2) is 18.0 Å². The molecular weight excluding hydrogens is 260 g/mol. The monoisotopic (exact) mass is 286 g/mol. The molecule has 4 aliphatic rings. The smallest absolute Gasteiger partial charge is 0.239 e. The number of halogens is 1. The first-order valence-corrected chi connectivity index (χ1v) is 7.43. The number of carbonyl (C=O) groups is 1. The zero-order valence-electron chi connectivity index (χ0n) is 12.1. The lowest BCUT2D eigenvalue weighted by Crippen LogP contribution is -2.55. The summed E-state index contributed by atoms with van der Waals surface area (Å²) in [5, 5.41) is 3.12. The summed E-state index contributed by atoms with van der Waals surface area (Å²) in [4.78, 5) is 11.9. The Labute approximate surface area is 122 Å². The second-order valence-electron chi connectivity index (χ2n) is 7.82. The van der Waals surface area contributed by atoms with Gasteiger partial charge in [-0.1, -0.05) is 0 Å². The average molecular weight is 287 g/mol. The first-order valence-electron chi connectivity index (χ1n) is 7.43. The Morgan fingerprint density at radius 3 is 1.95 bits per heavy atom. The third-order valence-corrected chi connectivity index (χ3v) is 5.37. The van der Waals surface area contributed by atoms with Crippen LogP contribution in [-0.2, 0) is 4.79 Å². The minimum Gasteiger partial charge on any atom is -0.354 e. The molecule has 1 amide bonds. The molecule has 4 aliphatic carbocycles. The van der Waals surface area contributed by atoms with Crippen LogP contribution in [0.1, 0.15) is 52.4 Å². The highest BCUT2D eigenvalue weighted by Crippen LogP contribution is 2.59. The van der Waals surface area contributed by atoms with Crippen LogP contribution in [0, 0.1) is 23.2 Å². The second-order valence-corrected chi connectivity index (χ2v) is 7.82. The van der Waals surface area contributed by atoms with Gasteiger partial charge in [0.25, 0.3) is 0 Å². The summed E-state index contributed by atoms with van der Waals surface area (Å²) in [6, 6.07) is 0. The molecule has 4 heteroatoms. The Balaban J connectivity index is 0.00000133. The predicted molar refractivity (Wildman–Crippen MR) is 79.1 cm³/mol. The van der Waals surface area contributed by atoms with Crippen LogP contribution in [0.25, 0.3) is 0 Å². The molecule has 110 valence electrons. The number of nitrogens with one attached hydrogen (secondary N) is 1. The lowest BCUT2D eigenvalue weighted by atomic mass is 9.49. The molecule has 0 radical (unpaired) electrons. The quantitative estimate of drug-likeness (QED) is 0.837. The van der Waals surface area contributed by atoms with E-state index in [1.807, 2.05) is 0 Å². The Bertz CT molecular complexity index is 326. The van der Waals surface area contributed by atoms with Crippen molar-refractivity contribution in [2.45, 2.75) is 57.9 Å². The highest BCUT2D eigenvalue weighted by atomic mass is 35.5. The number of rotatable bonds is 3. The maximum absolute atomic E-state index is 11.9. The van der Waals surface area contributed by atoms with E-state index in [-0.39, 0.29) is 18.3 Å². The molecule has 0 aromatic rings. The van der Waals surface area contributed by atoms with E-state index >= 15 is 0 Å². The van der Waals surface area contributed by atoms with E-state index in [0.29, 0.717) is 5.41 Å². The summed E-state index contributed by atoms with van der Waals surface area (Å²) in [5.41, 5.74) is 5.51. The van der Waals surface area contributed by atoms with Crippen LogP contribution in [0.3, 0.4) is 0 Å². The lowest BCUT2D eigenvalue weighted by molar-refractivity contribution is -0.127. The summed E-state index contributed by atoms with van der Waals surface area (Å²) >= 11 is 0. The van der Waals surface area contributed by atoms with E-state index in [0.717, 1.165) is 24.3 Å². The van der Waals surface area contributed by atoms with Crippen molar-refractivity contribution in [2.75, 3.05) is 6.54 Å². The lowest BCUT2D eigenvalue weighted by Gasteiger charge is -2.57. The van der Waals surface area contributed by atoms with Crippen LogP contribution in [0.2, 0.25) is 0 Å². The van der Waals surface area contributed by atoms with Crippen molar-refractivity contribution in [3.63, 3.8) is 0 Å². The fourth-order valence-electron chi connectivity index (χ4n) is 5.00. The van der Waals surface area contributed by atoms with E-state index in [4.69, 9.17) is 5.73 Å². The van der Waals surface area contributed by atoms with E-state index < -0.39 is 5.54 Å². The van der Waals surface area contributed by atoms with Crippen molar-refractivity contribution in [3.05, 3.63) is 0 Å². The summed E-state index contributed by atoms with van der Waals surface area (Å²) in [5.74, 6) is 2.83. The molecule has 4 rings (SSSR count). The Morgan fingerprint density at radius 2 is 1.58 bits per heavy atom. The molecule has 0 saturated heterocycles. The van der Waals surface area contributed by atoms with Crippen molar-refractivity contribution in [1.29, 1.82) is 0 Å². The van der Waals surface area contributed by atoms with Gasteiger partial charge in [-0.2, -0.15) is 0 Å². The molecule has 0 atom stereocenters. The normalized spacial score (nSPS) is 39.8. The summed E-state index contributed by atoms with van der Waals surface area (Å²) in [6.07, 6.45) is 8.37. The fraction of sp³-hybridized carbons (Fsp3) is 0.933. The third-order valence-electron chi connectivity index (χ3n) is 5.37. The molecule has 19 heavy (non-hydrogen) atoms. The molecular formula is C15H27ClN2O. The standard InChI is InChI=1S/C15H26N2O.ClH/c1-14(2,16)13(18)17-9-15-6-10-3-11(7-15)5-12(4-10)8-15;/h10-12H,3-9,16H2,1-2H3,(H,17,18);1H. The van der Waals surface area contributed by atoms with E-state index in [2.05, 4.69) is 5.32 Å². The van der Waals surface area contributed by atoms with Gasteiger partial charge in [0.2, 0.25) is 5.91 Å². The largest absolute Gasteiger partial charge is 0.354 e. The van der Waals surface area contributed by atoms with Gasteiger partial charge in [-0.25, -0.2) is 0 Å².